The lowest BCUT2D eigenvalue weighted by molar-refractivity contribution is 0.0424. The van der Waals surface area contributed by atoms with E-state index in [1.807, 2.05) is 0 Å². The van der Waals surface area contributed by atoms with Crippen molar-refractivity contribution in [2.45, 2.75) is 65.6 Å². The van der Waals surface area contributed by atoms with Crippen molar-refractivity contribution in [2.75, 3.05) is 46.0 Å². The van der Waals surface area contributed by atoms with Crippen molar-refractivity contribution >= 4 is 5.96 Å². The van der Waals surface area contributed by atoms with E-state index in [4.69, 9.17) is 9.47 Å². The van der Waals surface area contributed by atoms with Gasteiger partial charge in [-0.15, -0.1) is 0 Å². The zero-order valence-corrected chi connectivity index (χ0v) is 16.3. The third kappa shape index (κ3) is 8.85. The molecule has 0 saturated carbocycles. The molecule has 1 saturated heterocycles. The summed E-state index contributed by atoms with van der Waals surface area (Å²) in [5, 5.41) is 6.74. The number of nitrogens with one attached hydrogen (secondary N) is 2. The Morgan fingerprint density at radius 3 is 2.58 bits per heavy atom. The van der Waals surface area contributed by atoms with Crippen LogP contribution in [-0.2, 0) is 9.47 Å². The van der Waals surface area contributed by atoms with Crippen molar-refractivity contribution in [1.29, 1.82) is 0 Å². The highest BCUT2D eigenvalue weighted by atomic mass is 16.5. The number of rotatable bonds is 11. The maximum atomic E-state index is 5.77. The van der Waals surface area contributed by atoms with Crippen molar-refractivity contribution in [3.05, 3.63) is 0 Å². The molecule has 2 N–H and O–H groups in total. The predicted octanol–water partition coefficient (Wildman–Crippen LogP) is 1.86. The Morgan fingerprint density at radius 1 is 1.25 bits per heavy atom. The van der Waals surface area contributed by atoms with Gasteiger partial charge in [0.15, 0.2) is 5.96 Å². The molecule has 6 heteroatoms. The largest absolute Gasteiger partial charge is 0.379 e. The SMILES string of the molecule is CCNC(=NCCCOC1CCOC1)NCCN(C(C)C)C(C)C. The highest BCUT2D eigenvalue weighted by molar-refractivity contribution is 5.79. The van der Waals surface area contributed by atoms with Gasteiger partial charge < -0.3 is 20.1 Å². The molecule has 0 aromatic rings. The number of nitrogens with zero attached hydrogens (tertiary/aromatic N) is 2. The number of guanidine groups is 1. The van der Waals surface area contributed by atoms with E-state index in [0.717, 1.165) is 64.8 Å². The predicted molar refractivity (Wildman–Crippen MR) is 101 cm³/mol. The summed E-state index contributed by atoms with van der Waals surface area (Å²) in [6, 6.07) is 1.12. The van der Waals surface area contributed by atoms with Gasteiger partial charge in [0.1, 0.15) is 0 Å². The second kappa shape index (κ2) is 12.5. The third-order valence-corrected chi connectivity index (χ3v) is 4.15. The molecule has 1 fully saturated rings. The van der Waals surface area contributed by atoms with Gasteiger partial charge in [-0.1, -0.05) is 0 Å². The Balaban J connectivity index is 2.23. The Bertz CT molecular complexity index is 334. The second-order valence-corrected chi connectivity index (χ2v) is 6.82. The third-order valence-electron chi connectivity index (χ3n) is 4.15. The van der Waals surface area contributed by atoms with E-state index in [-0.39, 0.29) is 0 Å². The number of hydrogen-bond acceptors (Lipinski definition) is 4. The van der Waals surface area contributed by atoms with Crippen LogP contribution in [0.1, 0.15) is 47.5 Å². The van der Waals surface area contributed by atoms with Gasteiger partial charge >= 0.3 is 0 Å². The molecule has 142 valence electrons. The van der Waals surface area contributed by atoms with Crippen LogP contribution in [0.5, 0.6) is 0 Å². The van der Waals surface area contributed by atoms with Gasteiger partial charge in [0, 0.05) is 51.5 Å². The van der Waals surface area contributed by atoms with E-state index in [9.17, 15) is 0 Å². The molecule has 6 nitrogen and oxygen atoms in total. The summed E-state index contributed by atoms with van der Waals surface area (Å²) < 4.78 is 11.1. The van der Waals surface area contributed by atoms with Crippen LogP contribution in [-0.4, -0.2) is 75.0 Å². The van der Waals surface area contributed by atoms with Crippen molar-refractivity contribution in [3.8, 4) is 0 Å². The minimum absolute atomic E-state index is 0.290. The lowest BCUT2D eigenvalue weighted by Crippen LogP contribution is -2.45. The summed E-state index contributed by atoms with van der Waals surface area (Å²) in [7, 11) is 0. The van der Waals surface area contributed by atoms with Gasteiger partial charge in [0.05, 0.1) is 12.7 Å². The van der Waals surface area contributed by atoms with Gasteiger partial charge in [-0.05, 0) is 47.5 Å². The Labute approximate surface area is 148 Å². The molecule has 0 bridgehead atoms. The first-order valence-corrected chi connectivity index (χ1v) is 9.51. The molecule has 1 rings (SSSR count). The highest BCUT2D eigenvalue weighted by Crippen LogP contribution is 2.08. The molecule has 0 radical (unpaired) electrons. The maximum absolute atomic E-state index is 5.77. The van der Waals surface area contributed by atoms with E-state index in [1.54, 1.807) is 0 Å². The summed E-state index contributed by atoms with van der Waals surface area (Å²) in [5.41, 5.74) is 0. The molecular weight excluding hydrogens is 304 g/mol. The van der Waals surface area contributed by atoms with E-state index in [0.29, 0.717) is 18.2 Å². The summed E-state index contributed by atoms with van der Waals surface area (Å²) in [4.78, 5) is 7.11. The number of hydrogen-bond donors (Lipinski definition) is 2. The summed E-state index contributed by atoms with van der Waals surface area (Å²) in [6.45, 7) is 17.0. The summed E-state index contributed by atoms with van der Waals surface area (Å²) in [6.07, 6.45) is 2.26. The van der Waals surface area contributed by atoms with E-state index in [1.165, 1.54) is 0 Å². The van der Waals surface area contributed by atoms with E-state index >= 15 is 0 Å². The first-order chi connectivity index (χ1) is 11.5. The van der Waals surface area contributed by atoms with Crippen LogP contribution in [0.15, 0.2) is 4.99 Å². The number of ether oxygens (including phenoxy) is 2. The average molecular weight is 343 g/mol. The molecule has 1 unspecified atom stereocenters. The molecule has 1 atom stereocenters. The van der Waals surface area contributed by atoms with Crippen LogP contribution < -0.4 is 10.6 Å². The van der Waals surface area contributed by atoms with Crippen molar-refractivity contribution in [2.24, 2.45) is 4.99 Å². The first-order valence-electron chi connectivity index (χ1n) is 9.51. The van der Waals surface area contributed by atoms with E-state index < -0.39 is 0 Å². The topological polar surface area (TPSA) is 58.1 Å². The minimum Gasteiger partial charge on any atom is -0.379 e. The molecule has 1 aliphatic rings. The van der Waals surface area contributed by atoms with Crippen LogP contribution in [0.25, 0.3) is 0 Å². The standard InChI is InChI=1S/C18H38N4O2/c1-6-19-18(21-10-11-22(15(2)3)16(4)5)20-9-7-12-24-17-8-13-23-14-17/h15-17H,6-14H2,1-5H3,(H2,19,20,21). The molecule has 0 amide bonds. The van der Waals surface area contributed by atoms with Crippen LogP contribution in [0, 0.1) is 0 Å². The number of aliphatic imine (C=N–C) groups is 1. The summed E-state index contributed by atoms with van der Waals surface area (Å²) >= 11 is 0. The zero-order valence-electron chi connectivity index (χ0n) is 16.3. The van der Waals surface area contributed by atoms with Crippen LogP contribution in [0.2, 0.25) is 0 Å². The molecule has 0 aromatic heterocycles. The Kier molecular flexibility index (Phi) is 11.0. The molecule has 0 aromatic carbocycles. The summed E-state index contributed by atoms with van der Waals surface area (Å²) in [5.74, 6) is 0.897. The molecule has 24 heavy (non-hydrogen) atoms. The average Bonchev–Trinajstić information content (AvgIpc) is 3.03. The van der Waals surface area contributed by atoms with Crippen molar-refractivity contribution in [3.63, 3.8) is 0 Å². The van der Waals surface area contributed by atoms with Crippen molar-refractivity contribution < 1.29 is 9.47 Å². The Morgan fingerprint density at radius 2 is 2.00 bits per heavy atom. The van der Waals surface area contributed by atoms with Gasteiger partial charge in [-0.25, -0.2) is 0 Å². The maximum Gasteiger partial charge on any atom is 0.191 e. The van der Waals surface area contributed by atoms with Crippen LogP contribution >= 0.6 is 0 Å². The monoisotopic (exact) mass is 342 g/mol. The fourth-order valence-corrected chi connectivity index (χ4v) is 2.91. The molecule has 0 spiro atoms. The fraction of sp³-hybridized carbons (Fsp3) is 0.944. The van der Waals surface area contributed by atoms with Gasteiger partial charge in [0.25, 0.3) is 0 Å². The highest BCUT2D eigenvalue weighted by Gasteiger charge is 2.15. The quantitative estimate of drug-likeness (QED) is 0.341. The zero-order chi connectivity index (χ0) is 17.8. The molecular formula is C18H38N4O2. The van der Waals surface area contributed by atoms with Gasteiger partial charge in [-0.2, -0.15) is 0 Å². The first kappa shape index (κ1) is 21.2. The van der Waals surface area contributed by atoms with E-state index in [2.05, 4.69) is 55.1 Å². The fourth-order valence-electron chi connectivity index (χ4n) is 2.91. The van der Waals surface area contributed by atoms with Crippen LogP contribution in [0.4, 0.5) is 0 Å². The second-order valence-electron chi connectivity index (χ2n) is 6.82. The lowest BCUT2D eigenvalue weighted by Gasteiger charge is -2.30. The molecule has 1 heterocycles. The Hall–Kier alpha value is -0.850. The normalized spacial score (nSPS) is 18.8. The van der Waals surface area contributed by atoms with Crippen LogP contribution in [0.3, 0.4) is 0 Å². The minimum atomic E-state index is 0.290. The van der Waals surface area contributed by atoms with Crippen molar-refractivity contribution in [1.82, 2.24) is 15.5 Å². The van der Waals surface area contributed by atoms with Gasteiger partial charge in [-0.3, -0.25) is 9.89 Å². The van der Waals surface area contributed by atoms with Gasteiger partial charge in [0.2, 0.25) is 0 Å². The molecule has 0 aliphatic carbocycles. The smallest absolute Gasteiger partial charge is 0.191 e. The lowest BCUT2D eigenvalue weighted by atomic mass is 10.2. The molecule has 1 aliphatic heterocycles.